The van der Waals surface area contributed by atoms with E-state index in [1.807, 2.05) is 35.9 Å². The number of rotatable bonds is 3. The molecule has 0 unspecified atom stereocenters. The average Bonchev–Trinajstić information content (AvgIpc) is 2.76. The molecule has 0 radical (unpaired) electrons. The van der Waals surface area contributed by atoms with Crippen LogP contribution in [0.4, 0.5) is 11.4 Å². The van der Waals surface area contributed by atoms with Crippen LogP contribution in [-0.2, 0) is 0 Å². The van der Waals surface area contributed by atoms with E-state index in [-0.39, 0.29) is 5.91 Å². The van der Waals surface area contributed by atoms with Crippen molar-refractivity contribution in [2.24, 2.45) is 0 Å². The maximum atomic E-state index is 11.9. The lowest BCUT2D eigenvalue weighted by atomic mass is 10.3. The molecule has 88 valence electrons. The second-order valence-electron chi connectivity index (χ2n) is 3.39. The highest BCUT2D eigenvalue weighted by molar-refractivity contribution is 7.98. The average molecular weight is 264 g/mol. The molecule has 0 saturated heterocycles. The summed E-state index contributed by atoms with van der Waals surface area (Å²) in [5.74, 6) is -0.157. The number of amides is 1. The normalized spacial score (nSPS) is 10.2. The Morgan fingerprint density at radius 3 is 2.88 bits per heavy atom. The van der Waals surface area contributed by atoms with Gasteiger partial charge < -0.3 is 11.1 Å². The molecule has 17 heavy (non-hydrogen) atoms. The van der Waals surface area contributed by atoms with Crippen LogP contribution in [0.15, 0.2) is 40.6 Å². The van der Waals surface area contributed by atoms with E-state index in [9.17, 15) is 4.79 Å². The van der Waals surface area contributed by atoms with Gasteiger partial charge in [0.15, 0.2) is 0 Å². The highest BCUT2D eigenvalue weighted by Gasteiger charge is 2.11. The molecule has 1 amide bonds. The minimum absolute atomic E-state index is 0.157. The first-order chi connectivity index (χ1) is 8.20. The number of anilines is 2. The fourth-order valence-electron chi connectivity index (χ4n) is 1.39. The number of carbonyl (C=O) groups is 1. The zero-order valence-corrected chi connectivity index (χ0v) is 10.9. The van der Waals surface area contributed by atoms with Gasteiger partial charge in [0, 0.05) is 10.6 Å². The molecule has 0 saturated carbocycles. The molecule has 5 heteroatoms. The number of nitrogens with two attached hydrogens (primary N) is 1. The molecule has 3 nitrogen and oxygen atoms in total. The van der Waals surface area contributed by atoms with Crippen LogP contribution in [0.5, 0.6) is 0 Å². The summed E-state index contributed by atoms with van der Waals surface area (Å²) in [5, 5.41) is 4.65. The SMILES string of the molecule is CSc1cccc(NC(=O)c2sccc2N)c1. The molecular formula is C12H12N2OS2. The van der Waals surface area contributed by atoms with Gasteiger partial charge in [-0.1, -0.05) is 6.07 Å². The molecule has 0 bridgehead atoms. The Hall–Kier alpha value is -1.46. The van der Waals surface area contributed by atoms with Gasteiger partial charge in [-0.2, -0.15) is 0 Å². The molecule has 1 aromatic carbocycles. The lowest BCUT2D eigenvalue weighted by molar-refractivity contribution is 0.103. The lowest BCUT2D eigenvalue weighted by Crippen LogP contribution is -2.11. The van der Waals surface area contributed by atoms with Crippen molar-refractivity contribution >= 4 is 40.4 Å². The number of nitrogens with one attached hydrogen (secondary N) is 1. The Labute approximate surface area is 108 Å². The zero-order valence-electron chi connectivity index (χ0n) is 9.27. The molecule has 0 aliphatic carbocycles. The summed E-state index contributed by atoms with van der Waals surface area (Å²) in [4.78, 5) is 13.6. The first-order valence-corrected chi connectivity index (χ1v) is 7.09. The van der Waals surface area contributed by atoms with Crippen molar-refractivity contribution in [3.05, 3.63) is 40.6 Å². The Balaban J connectivity index is 2.16. The van der Waals surface area contributed by atoms with E-state index in [4.69, 9.17) is 5.73 Å². The van der Waals surface area contributed by atoms with Gasteiger partial charge in [0.1, 0.15) is 4.88 Å². The minimum Gasteiger partial charge on any atom is -0.397 e. The second kappa shape index (κ2) is 5.25. The molecule has 2 aromatic rings. The van der Waals surface area contributed by atoms with Gasteiger partial charge in [0.05, 0.1) is 5.69 Å². The van der Waals surface area contributed by atoms with Crippen molar-refractivity contribution in [1.29, 1.82) is 0 Å². The molecule has 0 atom stereocenters. The largest absolute Gasteiger partial charge is 0.397 e. The lowest BCUT2D eigenvalue weighted by Gasteiger charge is -2.05. The predicted octanol–water partition coefficient (Wildman–Crippen LogP) is 3.30. The Kier molecular flexibility index (Phi) is 3.71. The van der Waals surface area contributed by atoms with Gasteiger partial charge in [-0.3, -0.25) is 4.79 Å². The summed E-state index contributed by atoms with van der Waals surface area (Å²) in [6.45, 7) is 0. The van der Waals surface area contributed by atoms with E-state index in [0.717, 1.165) is 10.6 Å². The zero-order chi connectivity index (χ0) is 12.3. The van der Waals surface area contributed by atoms with Gasteiger partial charge in [-0.25, -0.2) is 0 Å². The topological polar surface area (TPSA) is 55.1 Å². The van der Waals surface area contributed by atoms with Gasteiger partial charge in [0.2, 0.25) is 0 Å². The third-order valence-corrected chi connectivity index (χ3v) is 3.88. The highest BCUT2D eigenvalue weighted by atomic mass is 32.2. The summed E-state index contributed by atoms with van der Waals surface area (Å²) in [5.41, 5.74) is 7.01. The Morgan fingerprint density at radius 2 is 2.24 bits per heavy atom. The van der Waals surface area contributed by atoms with Crippen LogP contribution in [0.2, 0.25) is 0 Å². The van der Waals surface area contributed by atoms with E-state index >= 15 is 0 Å². The molecule has 2 rings (SSSR count). The smallest absolute Gasteiger partial charge is 0.267 e. The third kappa shape index (κ3) is 2.81. The van der Waals surface area contributed by atoms with Crippen LogP contribution in [0.3, 0.4) is 0 Å². The van der Waals surface area contributed by atoms with E-state index in [0.29, 0.717) is 10.6 Å². The summed E-state index contributed by atoms with van der Waals surface area (Å²) in [6.07, 6.45) is 2.00. The number of benzene rings is 1. The summed E-state index contributed by atoms with van der Waals surface area (Å²) < 4.78 is 0. The first-order valence-electron chi connectivity index (χ1n) is 4.99. The van der Waals surface area contributed by atoms with Crippen LogP contribution in [0.1, 0.15) is 9.67 Å². The number of carbonyl (C=O) groups excluding carboxylic acids is 1. The minimum atomic E-state index is -0.157. The predicted molar refractivity (Wildman–Crippen MR) is 74.9 cm³/mol. The molecular weight excluding hydrogens is 252 g/mol. The molecule has 0 fully saturated rings. The molecule has 1 heterocycles. The van der Waals surface area contributed by atoms with Gasteiger partial charge in [0.25, 0.3) is 5.91 Å². The van der Waals surface area contributed by atoms with E-state index in [2.05, 4.69) is 5.32 Å². The number of nitrogen functional groups attached to an aromatic ring is 1. The van der Waals surface area contributed by atoms with E-state index < -0.39 is 0 Å². The Bertz CT molecular complexity index is 537. The third-order valence-electron chi connectivity index (χ3n) is 2.23. The van der Waals surface area contributed by atoms with Gasteiger partial charge in [-0.15, -0.1) is 23.1 Å². The maximum absolute atomic E-state index is 11.9. The van der Waals surface area contributed by atoms with Crippen LogP contribution in [0, 0.1) is 0 Å². The number of hydrogen-bond donors (Lipinski definition) is 2. The summed E-state index contributed by atoms with van der Waals surface area (Å²) in [7, 11) is 0. The molecule has 0 spiro atoms. The van der Waals surface area contributed by atoms with Crippen molar-refractivity contribution in [1.82, 2.24) is 0 Å². The van der Waals surface area contributed by atoms with E-state index in [1.54, 1.807) is 17.8 Å². The summed E-state index contributed by atoms with van der Waals surface area (Å²) in [6, 6.07) is 9.45. The second-order valence-corrected chi connectivity index (χ2v) is 5.19. The van der Waals surface area contributed by atoms with Crippen molar-refractivity contribution < 1.29 is 4.79 Å². The first kappa shape index (κ1) is 12.0. The standard InChI is InChI=1S/C12H12N2OS2/c1-16-9-4-2-3-8(7-9)14-12(15)11-10(13)5-6-17-11/h2-7H,13H2,1H3,(H,14,15). The molecule has 0 aliphatic heterocycles. The fourth-order valence-corrected chi connectivity index (χ4v) is 2.56. The monoisotopic (exact) mass is 264 g/mol. The van der Waals surface area contributed by atoms with Crippen LogP contribution >= 0.6 is 23.1 Å². The highest BCUT2D eigenvalue weighted by Crippen LogP contribution is 2.22. The van der Waals surface area contributed by atoms with Crippen molar-refractivity contribution in [2.45, 2.75) is 4.90 Å². The van der Waals surface area contributed by atoms with Crippen molar-refractivity contribution in [3.63, 3.8) is 0 Å². The van der Waals surface area contributed by atoms with E-state index in [1.165, 1.54) is 11.3 Å². The van der Waals surface area contributed by atoms with Crippen molar-refractivity contribution in [2.75, 3.05) is 17.3 Å². The molecule has 0 aliphatic rings. The fraction of sp³-hybridized carbons (Fsp3) is 0.0833. The van der Waals surface area contributed by atoms with Crippen LogP contribution in [0.25, 0.3) is 0 Å². The van der Waals surface area contributed by atoms with Gasteiger partial charge >= 0.3 is 0 Å². The number of thiophene rings is 1. The van der Waals surface area contributed by atoms with Crippen LogP contribution in [-0.4, -0.2) is 12.2 Å². The van der Waals surface area contributed by atoms with Crippen molar-refractivity contribution in [3.8, 4) is 0 Å². The Morgan fingerprint density at radius 1 is 1.41 bits per heavy atom. The summed E-state index contributed by atoms with van der Waals surface area (Å²) >= 11 is 2.98. The molecule has 3 N–H and O–H groups in total. The molecule has 1 aromatic heterocycles. The van der Waals surface area contributed by atoms with Crippen LogP contribution < -0.4 is 11.1 Å². The van der Waals surface area contributed by atoms with Gasteiger partial charge in [-0.05, 0) is 35.9 Å². The quantitative estimate of drug-likeness (QED) is 0.836. The number of hydrogen-bond acceptors (Lipinski definition) is 4. The number of thioether (sulfide) groups is 1. The maximum Gasteiger partial charge on any atom is 0.267 e.